The summed E-state index contributed by atoms with van der Waals surface area (Å²) in [6, 6.07) is 7.69. The van der Waals surface area contributed by atoms with Crippen LogP contribution in [0.25, 0.3) is 0 Å². The Balaban J connectivity index is 0.00000169. The van der Waals surface area contributed by atoms with Crippen molar-refractivity contribution in [2.45, 2.75) is 50.6 Å². The minimum atomic E-state index is 0. The van der Waals surface area contributed by atoms with Gasteiger partial charge in [-0.25, -0.2) is 0 Å². The van der Waals surface area contributed by atoms with Gasteiger partial charge in [0.2, 0.25) is 5.91 Å². The first-order valence-corrected chi connectivity index (χ1v) is 9.07. The number of hydrogen-bond donors (Lipinski definition) is 2. The molecule has 148 valence electrons. The maximum atomic E-state index is 12.5. The van der Waals surface area contributed by atoms with Crippen molar-refractivity contribution in [1.29, 1.82) is 0 Å². The third-order valence-electron chi connectivity index (χ3n) is 5.64. The number of carbonyl (C=O) groups excluding carboxylic acids is 1. The lowest BCUT2D eigenvalue weighted by molar-refractivity contribution is -0.122. The summed E-state index contributed by atoms with van der Waals surface area (Å²) < 4.78 is 5.51. The van der Waals surface area contributed by atoms with E-state index in [-0.39, 0.29) is 42.3 Å². The number of ether oxygens (including phenoxy) is 1. The maximum Gasteiger partial charge on any atom is 0.224 e. The number of morpholine rings is 1. The molecule has 3 N–H and O–H groups in total. The van der Waals surface area contributed by atoms with Crippen LogP contribution in [-0.2, 0) is 16.0 Å². The Hall–Kier alpha value is -1.01. The molecule has 1 heterocycles. The Labute approximate surface area is 168 Å². The van der Waals surface area contributed by atoms with Crippen molar-refractivity contribution in [1.82, 2.24) is 10.2 Å². The van der Waals surface area contributed by atoms with E-state index >= 15 is 0 Å². The number of nitrogens with zero attached hydrogens (tertiary/aromatic N) is 1. The van der Waals surface area contributed by atoms with Gasteiger partial charge in [-0.1, -0.05) is 25.0 Å². The van der Waals surface area contributed by atoms with Crippen molar-refractivity contribution in [2.24, 2.45) is 0 Å². The molecule has 1 aromatic rings. The van der Waals surface area contributed by atoms with E-state index in [4.69, 9.17) is 10.5 Å². The highest BCUT2D eigenvalue weighted by molar-refractivity contribution is 5.85. The minimum Gasteiger partial charge on any atom is -0.399 e. The first-order valence-electron chi connectivity index (χ1n) is 9.07. The van der Waals surface area contributed by atoms with E-state index in [2.05, 4.69) is 17.1 Å². The van der Waals surface area contributed by atoms with Crippen molar-refractivity contribution >= 4 is 36.4 Å². The van der Waals surface area contributed by atoms with Gasteiger partial charge in [0.1, 0.15) is 0 Å². The zero-order valence-corrected chi connectivity index (χ0v) is 17.0. The number of carbonyl (C=O) groups is 1. The highest BCUT2D eigenvalue weighted by Crippen LogP contribution is 2.38. The molecule has 0 spiro atoms. The lowest BCUT2D eigenvalue weighted by atomic mass is 9.86. The molecule has 1 aliphatic carbocycles. The molecule has 7 heteroatoms. The summed E-state index contributed by atoms with van der Waals surface area (Å²) >= 11 is 0. The van der Waals surface area contributed by atoms with E-state index in [1.54, 1.807) is 0 Å². The van der Waals surface area contributed by atoms with E-state index in [0.717, 1.165) is 50.4 Å². The topological polar surface area (TPSA) is 67.6 Å². The number of rotatable bonds is 5. The summed E-state index contributed by atoms with van der Waals surface area (Å²) in [6.45, 7) is 5.71. The van der Waals surface area contributed by atoms with Gasteiger partial charge in [0, 0.05) is 30.4 Å². The van der Waals surface area contributed by atoms with E-state index in [0.29, 0.717) is 6.42 Å². The largest absolute Gasteiger partial charge is 0.399 e. The van der Waals surface area contributed by atoms with Gasteiger partial charge >= 0.3 is 0 Å². The lowest BCUT2D eigenvalue weighted by Crippen LogP contribution is -2.62. The number of amides is 1. The Kier molecular flexibility index (Phi) is 9.17. The van der Waals surface area contributed by atoms with Gasteiger partial charge in [0.15, 0.2) is 0 Å². The van der Waals surface area contributed by atoms with Gasteiger partial charge in [-0.15, -0.1) is 24.8 Å². The fraction of sp³-hybridized carbons (Fsp3) is 0.632. The number of nitrogen functional groups attached to an aromatic ring is 1. The molecule has 1 amide bonds. The van der Waals surface area contributed by atoms with Gasteiger partial charge in [-0.05, 0) is 37.5 Å². The van der Waals surface area contributed by atoms with Crippen molar-refractivity contribution in [2.75, 3.05) is 32.0 Å². The number of anilines is 1. The fourth-order valence-corrected chi connectivity index (χ4v) is 4.27. The molecule has 0 bridgehead atoms. The first kappa shape index (κ1) is 23.0. The van der Waals surface area contributed by atoms with Crippen LogP contribution in [0.4, 0.5) is 5.69 Å². The average molecular weight is 404 g/mol. The van der Waals surface area contributed by atoms with Crippen LogP contribution in [0.2, 0.25) is 0 Å². The van der Waals surface area contributed by atoms with Crippen LogP contribution in [0.15, 0.2) is 24.3 Å². The van der Waals surface area contributed by atoms with Crippen molar-refractivity contribution in [3.8, 4) is 0 Å². The highest BCUT2D eigenvalue weighted by atomic mass is 35.5. The zero-order chi connectivity index (χ0) is 17.0. The monoisotopic (exact) mass is 403 g/mol. The predicted molar refractivity (Wildman–Crippen MR) is 110 cm³/mol. The Morgan fingerprint density at radius 3 is 2.35 bits per heavy atom. The molecule has 2 aliphatic rings. The van der Waals surface area contributed by atoms with Crippen LogP contribution in [-0.4, -0.2) is 48.7 Å². The Bertz CT molecular complexity index is 556. The second kappa shape index (κ2) is 10.4. The van der Waals surface area contributed by atoms with Crippen LogP contribution in [0.3, 0.4) is 0 Å². The zero-order valence-electron chi connectivity index (χ0n) is 15.4. The molecule has 0 radical (unpaired) electrons. The summed E-state index contributed by atoms with van der Waals surface area (Å²) in [5.41, 5.74) is 7.53. The number of nitrogens with one attached hydrogen (secondary N) is 1. The van der Waals surface area contributed by atoms with E-state index in [9.17, 15) is 4.79 Å². The molecule has 1 saturated heterocycles. The fourth-order valence-electron chi connectivity index (χ4n) is 4.27. The van der Waals surface area contributed by atoms with E-state index < -0.39 is 0 Å². The third kappa shape index (κ3) is 5.26. The normalized spacial score (nSPS) is 20.5. The average Bonchev–Trinajstić information content (AvgIpc) is 3.09. The molecule has 1 aliphatic heterocycles. The lowest BCUT2D eigenvalue weighted by Gasteiger charge is -2.47. The van der Waals surface area contributed by atoms with Crippen LogP contribution in [0, 0.1) is 0 Å². The summed E-state index contributed by atoms with van der Waals surface area (Å²) in [4.78, 5) is 15.1. The second-order valence-corrected chi connectivity index (χ2v) is 7.12. The summed E-state index contributed by atoms with van der Waals surface area (Å²) in [5.74, 6) is 0.0896. The number of hydrogen-bond acceptors (Lipinski definition) is 4. The molecule has 0 aromatic heterocycles. The van der Waals surface area contributed by atoms with E-state index in [1.807, 2.05) is 24.3 Å². The summed E-state index contributed by atoms with van der Waals surface area (Å²) in [5, 5.41) is 3.27. The molecule has 1 atom stereocenters. The smallest absolute Gasteiger partial charge is 0.224 e. The number of halogens is 2. The van der Waals surface area contributed by atoms with Crippen molar-refractivity contribution < 1.29 is 9.53 Å². The quantitative estimate of drug-likeness (QED) is 0.741. The Morgan fingerprint density at radius 2 is 1.77 bits per heavy atom. The predicted octanol–water partition coefficient (Wildman–Crippen LogP) is 2.80. The molecule has 1 unspecified atom stereocenters. The third-order valence-corrected chi connectivity index (χ3v) is 5.64. The highest BCUT2D eigenvalue weighted by Gasteiger charge is 2.44. The maximum absolute atomic E-state index is 12.5. The molecule has 1 saturated carbocycles. The minimum absolute atomic E-state index is 0. The molecule has 2 fully saturated rings. The SMILES string of the molecule is CC(NC(=O)Cc1ccc(N)cc1)C1(N2CCOCC2)CCCC1.Cl.Cl. The number of benzene rings is 1. The van der Waals surface area contributed by atoms with Gasteiger partial charge < -0.3 is 15.8 Å². The molecule has 1 aromatic carbocycles. The van der Waals surface area contributed by atoms with Gasteiger partial charge in [0.05, 0.1) is 19.6 Å². The second-order valence-electron chi connectivity index (χ2n) is 7.12. The molecule has 5 nitrogen and oxygen atoms in total. The Morgan fingerprint density at radius 1 is 1.19 bits per heavy atom. The summed E-state index contributed by atoms with van der Waals surface area (Å²) in [7, 11) is 0. The molecular formula is C19H31Cl2N3O2. The standard InChI is InChI=1S/C19H29N3O2.2ClH/c1-15(21-18(23)14-16-4-6-17(20)7-5-16)19(8-2-3-9-19)22-10-12-24-13-11-22;;/h4-7,15H,2-3,8-14,20H2,1H3,(H,21,23);2*1H. The summed E-state index contributed by atoms with van der Waals surface area (Å²) in [6.07, 6.45) is 5.22. The molecular weight excluding hydrogens is 373 g/mol. The van der Waals surface area contributed by atoms with Crippen LogP contribution in [0.1, 0.15) is 38.2 Å². The van der Waals surface area contributed by atoms with E-state index in [1.165, 1.54) is 12.8 Å². The van der Waals surface area contributed by atoms with Gasteiger partial charge in [-0.2, -0.15) is 0 Å². The van der Waals surface area contributed by atoms with Gasteiger partial charge in [-0.3, -0.25) is 9.69 Å². The first-order chi connectivity index (χ1) is 11.6. The van der Waals surface area contributed by atoms with Crippen LogP contribution >= 0.6 is 24.8 Å². The molecule has 3 rings (SSSR count). The molecule has 26 heavy (non-hydrogen) atoms. The van der Waals surface area contributed by atoms with Crippen molar-refractivity contribution in [3.63, 3.8) is 0 Å². The van der Waals surface area contributed by atoms with Crippen LogP contribution < -0.4 is 11.1 Å². The number of nitrogens with two attached hydrogens (primary N) is 1. The van der Waals surface area contributed by atoms with Gasteiger partial charge in [0.25, 0.3) is 0 Å². The van der Waals surface area contributed by atoms with Crippen molar-refractivity contribution in [3.05, 3.63) is 29.8 Å². The van der Waals surface area contributed by atoms with Crippen LogP contribution in [0.5, 0.6) is 0 Å².